The predicted octanol–water partition coefficient (Wildman–Crippen LogP) is 3.10. The molecule has 150 valence electrons. The molecule has 0 aliphatic carbocycles. The third-order valence-electron chi connectivity index (χ3n) is 4.91. The standard InChI is InChI=1S/C19H27F3N4O/c1-2-23-18(26-7-3-4-8-26)24-14-15-5-6-16(13-17(15)19(20,21)22)25-9-11-27-12-10-25/h5-6,13H,2-4,7-12,14H2,1H3,(H,23,24). The molecule has 2 aliphatic heterocycles. The molecule has 0 saturated carbocycles. The number of guanidine groups is 1. The molecule has 0 bridgehead atoms. The molecule has 2 aliphatic rings. The Morgan fingerprint density at radius 3 is 2.48 bits per heavy atom. The van der Waals surface area contributed by atoms with Gasteiger partial charge in [-0.15, -0.1) is 0 Å². The molecular formula is C19H27F3N4O. The van der Waals surface area contributed by atoms with E-state index >= 15 is 0 Å². The molecule has 3 rings (SSSR count). The number of anilines is 1. The van der Waals surface area contributed by atoms with Crippen LogP contribution in [-0.4, -0.2) is 56.8 Å². The fourth-order valence-corrected chi connectivity index (χ4v) is 3.50. The van der Waals surface area contributed by atoms with Crippen LogP contribution in [0.15, 0.2) is 23.2 Å². The van der Waals surface area contributed by atoms with E-state index in [1.54, 1.807) is 12.1 Å². The van der Waals surface area contributed by atoms with Crippen LogP contribution in [0.4, 0.5) is 18.9 Å². The molecule has 1 aromatic carbocycles. The lowest BCUT2D eigenvalue weighted by molar-refractivity contribution is -0.138. The third-order valence-corrected chi connectivity index (χ3v) is 4.91. The van der Waals surface area contributed by atoms with Crippen LogP contribution >= 0.6 is 0 Å². The van der Waals surface area contributed by atoms with Crippen LogP contribution in [0.1, 0.15) is 30.9 Å². The van der Waals surface area contributed by atoms with Crippen molar-refractivity contribution in [2.75, 3.05) is 50.8 Å². The number of aliphatic imine (C=N–C) groups is 1. The van der Waals surface area contributed by atoms with Gasteiger partial charge in [-0.05, 0) is 37.5 Å². The fourth-order valence-electron chi connectivity index (χ4n) is 3.50. The molecule has 0 aromatic heterocycles. The van der Waals surface area contributed by atoms with Crippen molar-refractivity contribution < 1.29 is 17.9 Å². The maximum Gasteiger partial charge on any atom is 0.416 e. The zero-order valence-electron chi connectivity index (χ0n) is 15.7. The number of likely N-dealkylation sites (tertiary alicyclic amines) is 1. The topological polar surface area (TPSA) is 40.1 Å². The van der Waals surface area contributed by atoms with Crippen molar-refractivity contribution in [2.24, 2.45) is 4.99 Å². The van der Waals surface area contributed by atoms with Gasteiger partial charge in [-0.25, -0.2) is 4.99 Å². The highest BCUT2D eigenvalue weighted by molar-refractivity contribution is 5.80. The highest BCUT2D eigenvalue weighted by atomic mass is 19.4. The van der Waals surface area contributed by atoms with Gasteiger partial charge in [0.15, 0.2) is 5.96 Å². The predicted molar refractivity (Wildman–Crippen MR) is 100 cm³/mol. The van der Waals surface area contributed by atoms with Crippen molar-refractivity contribution in [3.63, 3.8) is 0 Å². The molecule has 5 nitrogen and oxygen atoms in total. The first-order valence-corrected chi connectivity index (χ1v) is 9.55. The Balaban J connectivity index is 1.83. The largest absolute Gasteiger partial charge is 0.416 e. The van der Waals surface area contributed by atoms with Crippen molar-refractivity contribution in [1.29, 1.82) is 0 Å². The lowest BCUT2D eigenvalue weighted by atomic mass is 10.1. The van der Waals surface area contributed by atoms with E-state index in [-0.39, 0.29) is 12.1 Å². The molecule has 0 atom stereocenters. The average Bonchev–Trinajstić information content (AvgIpc) is 3.19. The number of hydrogen-bond acceptors (Lipinski definition) is 3. The number of halogens is 3. The van der Waals surface area contributed by atoms with E-state index in [1.807, 2.05) is 11.8 Å². The van der Waals surface area contributed by atoms with E-state index in [1.165, 1.54) is 6.07 Å². The second kappa shape index (κ2) is 8.82. The molecule has 2 fully saturated rings. The molecule has 8 heteroatoms. The van der Waals surface area contributed by atoms with Gasteiger partial charge in [-0.2, -0.15) is 13.2 Å². The van der Waals surface area contributed by atoms with Crippen LogP contribution in [0.25, 0.3) is 0 Å². The van der Waals surface area contributed by atoms with Crippen molar-refractivity contribution in [3.05, 3.63) is 29.3 Å². The number of benzene rings is 1. The normalized spacial score (nSPS) is 18.9. The number of alkyl halides is 3. The quantitative estimate of drug-likeness (QED) is 0.640. The monoisotopic (exact) mass is 384 g/mol. The average molecular weight is 384 g/mol. The first kappa shape index (κ1) is 19.8. The second-order valence-corrected chi connectivity index (χ2v) is 6.80. The van der Waals surface area contributed by atoms with Crippen LogP contribution in [0.3, 0.4) is 0 Å². The van der Waals surface area contributed by atoms with Crippen molar-refractivity contribution in [3.8, 4) is 0 Å². The molecule has 2 saturated heterocycles. The van der Waals surface area contributed by atoms with Crippen LogP contribution in [-0.2, 0) is 17.5 Å². The Hall–Kier alpha value is -1.96. The summed E-state index contributed by atoms with van der Waals surface area (Å²) >= 11 is 0. The number of hydrogen-bond donors (Lipinski definition) is 1. The number of morpholine rings is 1. The number of nitrogens with one attached hydrogen (secondary N) is 1. The fraction of sp³-hybridized carbons (Fsp3) is 0.632. The van der Waals surface area contributed by atoms with E-state index in [2.05, 4.69) is 15.2 Å². The van der Waals surface area contributed by atoms with Gasteiger partial charge >= 0.3 is 6.18 Å². The summed E-state index contributed by atoms with van der Waals surface area (Å²) in [5, 5.41) is 3.19. The molecule has 0 amide bonds. The van der Waals surface area contributed by atoms with Gasteiger partial charge in [0.1, 0.15) is 0 Å². The van der Waals surface area contributed by atoms with Crippen molar-refractivity contribution in [2.45, 2.75) is 32.5 Å². The van der Waals surface area contributed by atoms with Gasteiger partial charge in [-0.3, -0.25) is 0 Å². The molecule has 0 radical (unpaired) electrons. The van der Waals surface area contributed by atoms with Gasteiger partial charge in [0.2, 0.25) is 0 Å². The molecule has 0 spiro atoms. The maximum atomic E-state index is 13.7. The van der Waals surface area contributed by atoms with E-state index in [0.29, 0.717) is 44.5 Å². The summed E-state index contributed by atoms with van der Waals surface area (Å²) in [5.41, 5.74) is 0.187. The summed E-state index contributed by atoms with van der Waals surface area (Å²) in [6.07, 6.45) is -2.22. The smallest absolute Gasteiger partial charge is 0.378 e. The van der Waals surface area contributed by atoms with Gasteiger partial charge in [-0.1, -0.05) is 6.07 Å². The zero-order chi connectivity index (χ0) is 19.3. The molecule has 2 heterocycles. The summed E-state index contributed by atoms with van der Waals surface area (Å²) in [6.45, 7) is 6.74. The van der Waals surface area contributed by atoms with Gasteiger partial charge in [0.05, 0.1) is 25.3 Å². The molecule has 1 aromatic rings. The van der Waals surface area contributed by atoms with Crippen LogP contribution < -0.4 is 10.2 Å². The van der Waals surface area contributed by atoms with Crippen LogP contribution in [0.2, 0.25) is 0 Å². The Kier molecular flexibility index (Phi) is 6.46. The summed E-state index contributed by atoms with van der Waals surface area (Å²) in [6, 6.07) is 4.57. The second-order valence-electron chi connectivity index (χ2n) is 6.80. The van der Waals surface area contributed by atoms with E-state index in [9.17, 15) is 13.2 Å². The molecule has 0 unspecified atom stereocenters. The molecule has 27 heavy (non-hydrogen) atoms. The van der Waals surface area contributed by atoms with Crippen molar-refractivity contribution >= 4 is 11.6 Å². The van der Waals surface area contributed by atoms with E-state index in [0.717, 1.165) is 25.9 Å². The summed E-state index contributed by atoms with van der Waals surface area (Å²) < 4.78 is 46.2. The van der Waals surface area contributed by atoms with E-state index in [4.69, 9.17) is 4.74 Å². The molecule has 1 N–H and O–H groups in total. The first-order chi connectivity index (χ1) is 13.0. The minimum Gasteiger partial charge on any atom is -0.378 e. The first-order valence-electron chi connectivity index (χ1n) is 9.55. The Morgan fingerprint density at radius 1 is 1.15 bits per heavy atom. The number of ether oxygens (including phenoxy) is 1. The Morgan fingerprint density at radius 2 is 1.85 bits per heavy atom. The Labute approximate surface area is 158 Å². The zero-order valence-corrected chi connectivity index (χ0v) is 15.7. The highest BCUT2D eigenvalue weighted by Gasteiger charge is 2.34. The summed E-state index contributed by atoms with van der Waals surface area (Å²) in [7, 11) is 0. The number of rotatable bonds is 4. The maximum absolute atomic E-state index is 13.7. The highest BCUT2D eigenvalue weighted by Crippen LogP contribution is 2.35. The summed E-state index contributed by atoms with van der Waals surface area (Å²) in [4.78, 5) is 8.52. The van der Waals surface area contributed by atoms with Crippen molar-refractivity contribution in [1.82, 2.24) is 10.2 Å². The minimum absolute atomic E-state index is 0.0110. The minimum atomic E-state index is -4.40. The SMILES string of the molecule is CCNC(=NCc1ccc(N2CCOCC2)cc1C(F)(F)F)N1CCCC1. The van der Waals surface area contributed by atoms with Gasteiger partial charge < -0.3 is 19.9 Å². The van der Waals surface area contributed by atoms with Crippen LogP contribution in [0, 0.1) is 0 Å². The number of nitrogens with zero attached hydrogens (tertiary/aromatic N) is 3. The van der Waals surface area contributed by atoms with E-state index < -0.39 is 11.7 Å². The van der Waals surface area contributed by atoms with Gasteiger partial charge in [0.25, 0.3) is 0 Å². The molecular weight excluding hydrogens is 357 g/mol. The summed E-state index contributed by atoms with van der Waals surface area (Å²) in [5.74, 6) is 0.695. The third kappa shape index (κ3) is 5.06. The van der Waals surface area contributed by atoms with Crippen LogP contribution in [0.5, 0.6) is 0 Å². The lowest BCUT2D eigenvalue weighted by Gasteiger charge is -2.29. The Bertz CT molecular complexity index is 651. The van der Waals surface area contributed by atoms with Gasteiger partial charge in [0, 0.05) is 38.4 Å². The lowest BCUT2D eigenvalue weighted by Crippen LogP contribution is -2.39.